The zero-order valence-electron chi connectivity index (χ0n) is 18.4. The number of aliphatic hydroxyl groups excluding tert-OH is 1. The number of pyridine rings is 1. The van der Waals surface area contributed by atoms with Gasteiger partial charge in [-0.1, -0.05) is 0 Å². The van der Waals surface area contributed by atoms with E-state index in [1.807, 2.05) is 22.9 Å². The van der Waals surface area contributed by atoms with Crippen LogP contribution in [0.25, 0.3) is 11.0 Å². The van der Waals surface area contributed by atoms with Crippen molar-refractivity contribution >= 4 is 23.3 Å². The van der Waals surface area contributed by atoms with Crippen molar-refractivity contribution in [2.45, 2.75) is 50.4 Å². The Morgan fingerprint density at radius 1 is 1.30 bits per heavy atom. The van der Waals surface area contributed by atoms with Gasteiger partial charge in [0.1, 0.15) is 29.6 Å². The second-order valence-electron chi connectivity index (χ2n) is 8.58. The van der Waals surface area contributed by atoms with Crippen molar-refractivity contribution in [1.82, 2.24) is 19.5 Å². The fraction of sp³-hybridized carbons (Fsp3) is 0.478. The van der Waals surface area contributed by atoms with Crippen LogP contribution in [0, 0.1) is 5.92 Å². The van der Waals surface area contributed by atoms with Gasteiger partial charge in [-0.3, -0.25) is 4.79 Å². The molecule has 2 aliphatic carbocycles. The predicted molar refractivity (Wildman–Crippen MR) is 119 cm³/mol. The number of nitrogen functional groups attached to an aromatic ring is 1. The second kappa shape index (κ2) is 8.86. The van der Waals surface area contributed by atoms with Gasteiger partial charge >= 0.3 is 0 Å². The van der Waals surface area contributed by atoms with Crippen molar-refractivity contribution in [3.8, 4) is 11.6 Å². The quantitative estimate of drug-likeness (QED) is 0.514. The molecule has 1 saturated carbocycles. The van der Waals surface area contributed by atoms with Crippen LogP contribution in [0.3, 0.4) is 0 Å². The lowest BCUT2D eigenvalue weighted by Crippen LogP contribution is -2.33. The minimum Gasteiger partial charge on any atom is -0.493 e. The van der Waals surface area contributed by atoms with E-state index in [2.05, 4.69) is 15.0 Å². The molecule has 5 rings (SSSR count). The SMILES string of the molecule is COc1cc(OC[C@@H]2C[C@@H](n3ccc4c(N)ncnc43)[C@H](OC=O)[C@@H]2O)c2c(n1)CCCC2. The third kappa shape index (κ3) is 3.84. The van der Waals surface area contributed by atoms with Crippen LogP contribution in [-0.4, -0.2) is 57.0 Å². The first-order valence-corrected chi connectivity index (χ1v) is 11.1. The third-order valence-corrected chi connectivity index (χ3v) is 6.75. The van der Waals surface area contributed by atoms with Gasteiger partial charge in [0.25, 0.3) is 6.47 Å². The summed E-state index contributed by atoms with van der Waals surface area (Å²) in [7, 11) is 1.59. The highest BCUT2D eigenvalue weighted by Gasteiger charge is 2.46. The molecule has 3 N–H and O–H groups in total. The summed E-state index contributed by atoms with van der Waals surface area (Å²) in [5, 5.41) is 11.7. The van der Waals surface area contributed by atoms with Gasteiger partial charge in [0.15, 0.2) is 0 Å². The summed E-state index contributed by atoms with van der Waals surface area (Å²) in [4.78, 5) is 24.2. The van der Waals surface area contributed by atoms with Crippen LogP contribution in [-0.2, 0) is 22.4 Å². The van der Waals surface area contributed by atoms with Crippen LogP contribution in [0.2, 0.25) is 0 Å². The lowest BCUT2D eigenvalue weighted by molar-refractivity contribution is -0.140. The Labute approximate surface area is 190 Å². The Morgan fingerprint density at radius 3 is 2.97 bits per heavy atom. The highest BCUT2D eigenvalue weighted by molar-refractivity contribution is 5.86. The number of nitrogens with two attached hydrogens (primary N) is 1. The van der Waals surface area contributed by atoms with Gasteiger partial charge in [0.05, 0.1) is 36.9 Å². The number of hydrogen-bond acceptors (Lipinski definition) is 9. The van der Waals surface area contributed by atoms with Gasteiger partial charge in [0.2, 0.25) is 5.88 Å². The summed E-state index contributed by atoms with van der Waals surface area (Å²) in [6.07, 6.45) is 6.14. The summed E-state index contributed by atoms with van der Waals surface area (Å²) >= 11 is 0. The largest absolute Gasteiger partial charge is 0.493 e. The number of methoxy groups -OCH3 is 1. The number of rotatable bonds is 7. The average Bonchev–Trinajstić information content (AvgIpc) is 3.40. The first-order valence-electron chi connectivity index (χ1n) is 11.1. The Morgan fingerprint density at radius 2 is 2.15 bits per heavy atom. The van der Waals surface area contributed by atoms with Crippen molar-refractivity contribution in [3.05, 3.63) is 35.9 Å². The first-order chi connectivity index (χ1) is 16.1. The van der Waals surface area contributed by atoms with Crippen LogP contribution in [0.4, 0.5) is 5.82 Å². The number of aliphatic hydroxyl groups is 1. The molecule has 0 unspecified atom stereocenters. The Bertz CT molecular complexity index is 1170. The fourth-order valence-corrected chi connectivity index (χ4v) is 5.08. The van der Waals surface area contributed by atoms with Gasteiger partial charge in [-0.05, 0) is 38.2 Å². The van der Waals surface area contributed by atoms with E-state index in [0.29, 0.717) is 35.6 Å². The fourth-order valence-electron chi connectivity index (χ4n) is 5.08. The first kappa shape index (κ1) is 21.4. The Balaban J connectivity index is 1.40. The van der Waals surface area contributed by atoms with E-state index in [0.717, 1.165) is 42.7 Å². The van der Waals surface area contributed by atoms with Crippen molar-refractivity contribution in [2.75, 3.05) is 19.5 Å². The number of hydrogen-bond donors (Lipinski definition) is 2. The summed E-state index contributed by atoms with van der Waals surface area (Å²) in [6.45, 7) is 0.648. The van der Waals surface area contributed by atoms with E-state index in [1.54, 1.807) is 7.11 Å². The van der Waals surface area contributed by atoms with Crippen LogP contribution in [0.15, 0.2) is 24.7 Å². The van der Waals surface area contributed by atoms with E-state index in [-0.39, 0.29) is 18.6 Å². The normalized spacial score (nSPS) is 24.4. The zero-order chi connectivity index (χ0) is 22.9. The second-order valence-corrected chi connectivity index (χ2v) is 8.58. The maximum absolute atomic E-state index is 11.2. The van der Waals surface area contributed by atoms with Gasteiger partial charge in [-0.25, -0.2) is 15.0 Å². The van der Waals surface area contributed by atoms with E-state index in [9.17, 15) is 9.90 Å². The molecule has 0 spiro atoms. The molecular formula is C23H27N5O5. The number of fused-ring (bicyclic) bond motifs is 2. The minimum atomic E-state index is -0.892. The van der Waals surface area contributed by atoms with Crippen molar-refractivity contribution < 1.29 is 24.1 Å². The maximum Gasteiger partial charge on any atom is 0.293 e. The number of aromatic nitrogens is 4. The number of anilines is 1. The highest BCUT2D eigenvalue weighted by atomic mass is 16.5. The highest BCUT2D eigenvalue weighted by Crippen LogP contribution is 2.40. The number of nitrogens with zero attached hydrogens (tertiary/aromatic N) is 4. The Kier molecular flexibility index (Phi) is 5.76. The molecule has 3 aromatic heterocycles. The Hall–Kier alpha value is -3.40. The van der Waals surface area contributed by atoms with Gasteiger partial charge in [-0.15, -0.1) is 0 Å². The molecule has 1 fully saturated rings. The molecule has 0 aromatic carbocycles. The molecule has 10 nitrogen and oxygen atoms in total. The molecule has 0 aliphatic heterocycles. The van der Waals surface area contributed by atoms with Crippen molar-refractivity contribution in [2.24, 2.45) is 5.92 Å². The van der Waals surface area contributed by atoms with E-state index < -0.39 is 12.2 Å². The molecule has 0 bridgehead atoms. The molecular weight excluding hydrogens is 426 g/mol. The molecule has 10 heteroatoms. The molecule has 3 aromatic rings. The third-order valence-electron chi connectivity index (χ3n) is 6.75. The molecule has 0 amide bonds. The van der Waals surface area contributed by atoms with Gasteiger partial charge < -0.3 is 29.6 Å². The summed E-state index contributed by atoms with van der Waals surface area (Å²) in [5.41, 5.74) is 8.72. The average molecular weight is 453 g/mol. The molecule has 174 valence electrons. The smallest absolute Gasteiger partial charge is 0.293 e. The standard InChI is InChI=1S/C23H27N5O5/c1-31-19-9-18(14-4-2-3-5-16(14)27-19)32-10-13-8-17(21(20(13)30)33-12-29)28-7-6-15-22(24)25-11-26-23(15)28/h6-7,9,11-13,17,20-21,30H,2-5,8,10H2,1H3,(H2,24,25,26)/t13-,17+,20+,21-/m0/s1. The molecule has 3 heterocycles. The lowest BCUT2D eigenvalue weighted by atomic mass is 9.95. The number of carbonyl (C=O) groups is 1. The van der Waals surface area contributed by atoms with Gasteiger partial charge in [-0.2, -0.15) is 0 Å². The van der Waals surface area contributed by atoms with Crippen molar-refractivity contribution in [1.29, 1.82) is 0 Å². The summed E-state index contributed by atoms with van der Waals surface area (Å²) < 4.78 is 18.8. The van der Waals surface area contributed by atoms with Crippen LogP contribution in [0.5, 0.6) is 11.6 Å². The van der Waals surface area contributed by atoms with E-state index in [4.69, 9.17) is 19.9 Å². The summed E-state index contributed by atoms with van der Waals surface area (Å²) in [6, 6.07) is 3.32. The molecule has 4 atom stereocenters. The molecule has 0 saturated heterocycles. The predicted octanol–water partition coefficient (Wildman–Crippen LogP) is 1.84. The minimum absolute atomic E-state index is 0.255. The number of carbonyl (C=O) groups excluding carboxylic acids is 1. The van der Waals surface area contributed by atoms with E-state index >= 15 is 0 Å². The lowest BCUT2D eigenvalue weighted by Gasteiger charge is -2.23. The van der Waals surface area contributed by atoms with E-state index in [1.165, 1.54) is 6.33 Å². The monoisotopic (exact) mass is 453 g/mol. The molecule has 33 heavy (non-hydrogen) atoms. The zero-order valence-corrected chi connectivity index (χ0v) is 18.4. The van der Waals surface area contributed by atoms with Crippen molar-refractivity contribution in [3.63, 3.8) is 0 Å². The number of ether oxygens (including phenoxy) is 3. The molecule has 0 radical (unpaired) electrons. The van der Waals surface area contributed by atoms with Crippen LogP contribution >= 0.6 is 0 Å². The maximum atomic E-state index is 11.2. The van der Waals surface area contributed by atoms with Gasteiger partial charge in [0, 0.05) is 23.7 Å². The molecule has 2 aliphatic rings. The topological polar surface area (TPSA) is 135 Å². The number of aryl methyl sites for hydroxylation is 1. The summed E-state index contributed by atoms with van der Waals surface area (Å²) in [5.74, 6) is 1.39. The van der Waals surface area contributed by atoms with Crippen LogP contribution in [0.1, 0.15) is 36.6 Å². The van der Waals surface area contributed by atoms with Crippen LogP contribution < -0.4 is 15.2 Å².